The van der Waals surface area contributed by atoms with Crippen LogP contribution in [-0.2, 0) is 9.59 Å². The summed E-state index contributed by atoms with van der Waals surface area (Å²) in [5, 5.41) is 17.4. The van der Waals surface area contributed by atoms with Crippen molar-refractivity contribution in [2.45, 2.75) is 135 Å². The highest BCUT2D eigenvalue weighted by atomic mass is 35.5. The second kappa shape index (κ2) is 25.1. The molecule has 0 fully saturated rings. The molecule has 3 aromatic heterocycles. The number of ketones is 1. The molecule has 0 spiro atoms. The minimum atomic E-state index is -0.788. The number of hydrogen-bond donors (Lipinski definition) is 4. The third-order valence-electron chi connectivity index (χ3n) is 13.7. The van der Waals surface area contributed by atoms with Crippen LogP contribution in [0.2, 0.25) is 10.0 Å². The fraction of sp³-hybridized carbons (Fsp3) is 0.418. The van der Waals surface area contributed by atoms with Crippen LogP contribution >= 0.6 is 34.5 Å². The average molecular weight is 1020 g/mol. The Bertz CT molecular complexity index is 2810. The molecule has 6 aromatic rings. The highest BCUT2D eigenvalue weighted by Crippen LogP contribution is 2.47. The predicted octanol–water partition coefficient (Wildman–Crippen LogP) is 12.6. The number of aromatic nitrogens is 4. The number of carbonyl (C=O) groups excluding carboxylic acids is 4. The molecule has 71 heavy (non-hydrogen) atoms. The molecule has 0 aliphatic carbocycles. The van der Waals surface area contributed by atoms with E-state index in [9.17, 15) is 19.2 Å². The molecule has 3 atom stereocenters. The van der Waals surface area contributed by atoms with Crippen LogP contribution in [0, 0.1) is 26.6 Å². The van der Waals surface area contributed by atoms with Gasteiger partial charge in [0.25, 0.3) is 5.91 Å². The monoisotopic (exact) mass is 1020 g/mol. The van der Waals surface area contributed by atoms with Crippen LogP contribution in [0.4, 0.5) is 4.39 Å². The maximum atomic E-state index is 15.2. The zero-order chi connectivity index (χ0) is 50.6. The minimum absolute atomic E-state index is 0.00291. The molecule has 1 aliphatic rings. The Balaban J connectivity index is 0.791. The molecule has 0 saturated heterocycles. The molecule has 1 unspecified atom stereocenters. The summed E-state index contributed by atoms with van der Waals surface area (Å²) < 4.78 is 17.4. The number of unbranched alkanes of at least 4 members (excludes halogenated alkanes) is 11. The first-order valence-electron chi connectivity index (χ1n) is 24.8. The van der Waals surface area contributed by atoms with Crippen LogP contribution in [0.5, 0.6) is 0 Å². The van der Waals surface area contributed by atoms with Gasteiger partial charge in [0.2, 0.25) is 11.8 Å². The first kappa shape index (κ1) is 53.1. The third-order valence-corrected chi connectivity index (χ3v) is 15.4. The van der Waals surface area contributed by atoms with Gasteiger partial charge in [0.1, 0.15) is 16.6 Å². The van der Waals surface area contributed by atoms with Gasteiger partial charge in [0.15, 0.2) is 11.6 Å². The molecule has 7 rings (SSSR count). The average Bonchev–Trinajstić information content (AvgIpc) is 4.02. The van der Waals surface area contributed by atoms with E-state index in [-0.39, 0.29) is 65.4 Å². The van der Waals surface area contributed by atoms with Crippen molar-refractivity contribution in [2.75, 3.05) is 13.6 Å². The number of carbonyl (C=O) groups is 4. The van der Waals surface area contributed by atoms with Gasteiger partial charge in [-0.05, 0) is 87.7 Å². The van der Waals surface area contributed by atoms with Gasteiger partial charge in [-0.2, -0.15) is 0 Å². The van der Waals surface area contributed by atoms with Gasteiger partial charge in [-0.25, -0.2) is 4.39 Å². The molecule has 0 bridgehead atoms. The zero-order valence-corrected chi connectivity index (χ0v) is 43.4. The smallest absolute Gasteiger partial charge is 0.253 e. The molecule has 3 amide bonds. The summed E-state index contributed by atoms with van der Waals surface area (Å²) >= 11 is 14.2. The van der Waals surface area contributed by atoms with Gasteiger partial charge < -0.3 is 21.4 Å². The van der Waals surface area contributed by atoms with Crippen molar-refractivity contribution < 1.29 is 23.6 Å². The number of nitrogens with zero attached hydrogens (tertiary/aromatic N) is 4. The van der Waals surface area contributed by atoms with E-state index in [1.165, 1.54) is 54.0 Å². The number of rotatable bonds is 25. The summed E-state index contributed by atoms with van der Waals surface area (Å²) in [6.07, 6.45) is 14.4. The Morgan fingerprint density at radius 1 is 0.831 bits per heavy atom. The first-order valence-corrected chi connectivity index (χ1v) is 26.4. The lowest BCUT2D eigenvalue weighted by Crippen LogP contribution is -2.35. The molecule has 5 N–H and O–H groups in total. The number of hydrogen-bond acceptors (Lipinski definition) is 8. The Morgan fingerprint density at radius 2 is 1.49 bits per heavy atom. The van der Waals surface area contributed by atoms with Crippen molar-refractivity contribution in [1.29, 1.82) is 0 Å². The van der Waals surface area contributed by atoms with E-state index in [1.807, 2.05) is 19.1 Å². The summed E-state index contributed by atoms with van der Waals surface area (Å²) in [6, 6.07) is 19.6. The van der Waals surface area contributed by atoms with E-state index in [2.05, 4.69) is 68.3 Å². The number of primary amides is 1. The molecule has 3 aromatic carbocycles. The SMILES string of the molecule is Cc1sc2c(c1C)C(c1ccc(Cl)cc1)N(C)[C@@H](CC(=O)NCCCCCCCCCCCCCCC(=O)c1[nH]cc(C(=O)N[C@@H](CC(N)=O)c3cccc(Cl)c3)c1-c1ccccc1F)c1nnc(C)n1-2. The number of halogens is 3. The minimum Gasteiger partial charge on any atom is -0.370 e. The number of H-pyrrole nitrogens is 1. The van der Waals surface area contributed by atoms with E-state index in [0.717, 1.165) is 67.2 Å². The van der Waals surface area contributed by atoms with Crippen molar-refractivity contribution in [2.24, 2.45) is 5.73 Å². The normalized spacial score (nSPS) is 14.9. The van der Waals surface area contributed by atoms with E-state index < -0.39 is 23.7 Å². The fourth-order valence-corrected chi connectivity index (χ4v) is 11.3. The molecule has 376 valence electrons. The number of Topliss-reactive ketones (excluding diaryl/α,β-unsaturated/α-hetero) is 1. The summed E-state index contributed by atoms with van der Waals surface area (Å²) in [5.74, 6) is -0.388. The van der Waals surface area contributed by atoms with Gasteiger partial charge >= 0.3 is 0 Å². The Hall–Kier alpha value is -5.67. The summed E-state index contributed by atoms with van der Waals surface area (Å²) in [4.78, 5) is 59.3. The zero-order valence-electron chi connectivity index (χ0n) is 41.1. The first-order chi connectivity index (χ1) is 34.2. The Labute approximate surface area is 430 Å². The molecule has 1 aliphatic heterocycles. The Morgan fingerprint density at radius 3 is 2.15 bits per heavy atom. The number of fused-ring (bicyclic) bond motifs is 3. The van der Waals surface area contributed by atoms with Gasteiger partial charge in [0.05, 0.1) is 35.8 Å². The van der Waals surface area contributed by atoms with Crippen molar-refractivity contribution in [3.8, 4) is 16.1 Å². The number of benzene rings is 3. The van der Waals surface area contributed by atoms with Crippen LogP contribution in [0.3, 0.4) is 0 Å². The fourth-order valence-electron chi connectivity index (χ4n) is 9.77. The van der Waals surface area contributed by atoms with Crippen molar-refractivity contribution in [3.05, 3.63) is 145 Å². The van der Waals surface area contributed by atoms with Gasteiger partial charge in [0, 0.05) is 57.2 Å². The van der Waals surface area contributed by atoms with E-state index >= 15 is 4.39 Å². The highest BCUT2D eigenvalue weighted by Gasteiger charge is 2.40. The molecule has 12 nitrogen and oxygen atoms in total. The van der Waals surface area contributed by atoms with Gasteiger partial charge in [-0.15, -0.1) is 21.5 Å². The largest absolute Gasteiger partial charge is 0.370 e. The standard InChI is InChI=1S/C55H65Cl2FN8O4S/c1-34-35(2)71-55-49(34)52(37-25-27-39(56)28-26-37)65(4)45(53-64-63-36(3)66(53)55)32-48(69)60-29-18-14-12-10-8-6-5-7-9-11-13-15-24-46(67)51-50(41-22-16-17-23-43(41)58)42(33-61-51)54(70)62-44(31-47(59)68)38-20-19-21-40(57)30-38/h16-17,19-23,25-28,30,33,44-45,52,61H,5-15,18,24,29,31-32H2,1-4H3,(H2,59,68)(H,60,69)(H,62,70)/t44-,45-,52?/m0/s1. The summed E-state index contributed by atoms with van der Waals surface area (Å²) in [5.41, 5.74) is 10.2. The predicted molar refractivity (Wildman–Crippen MR) is 281 cm³/mol. The van der Waals surface area contributed by atoms with Crippen LogP contribution in [-0.4, -0.2) is 61.7 Å². The van der Waals surface area contributed by atoms with E-state index in [1.54, 1.807) is 53.8 Å². The number of aromatic amines is 1. The highest BCUT2D eigenvalue weighted by molar-refractivity contribution is 7.14. The quantitative estimate of drug-likeness (QED) is 0.0327. The number of amides is 3. The number of nitrogens with two attached hydrogens (primary N) is 1. The van der Waals surface area contributed by atoms with Crippen molar-refractivity contribution >= 4 is 58.0 Å². The van der Waals surface area contributed by atoms with Crippen molar-refractivity contribution in [3.63, 3.8) is 0 Å². The number of nitrogens with one attached hydrogen (secondary N) is 3. The van der Waals surface area contributed by atoms with Crippen LogP contribution in [0.15, 0.2) is 79.0 Å². The maximum absolute atomic E-state index is 15.2. The molecular formula is C55H65Cl2FN8O4S. The van der Waals surface area contributed by atoms with Crippen LogP contribution < -0.4 is 16.4 Å². The van der Waals surface area contributed by atoms with E-state index in [4.69, 9.17) is 28.9 Å². The summed E-state index contributed by atoms with van der Waals surface area (Å²) in [6.45, 7) is 6.94. The van der Waals surface area contributed by atoms with Gasteiger partial charge in [-0.1, -0.05) is 130 Å². The Kier molecular flexibility index (Phi) is 18.8. The lowest BCUT2D eigenvalue weighted by atomic mass is 9.94. The second-order valence-electron chi connectivity index (χ2n) is 18.7. The van der Waals surface area contributed by atoms with Crippen LogP contribution in [0.1, 0.15) is 174 Å². The maximum Gasteiger partial charge on any atom is 0.253 e. The second-order valence-corrected chi connectivity index (χ2v) is 20.8. The lowest BCUT2D eigenvalue weighted by Gasteiger charge is -2.33. The molecular weight excluding hydrogens is 959 g/mol. The molecule has 16 heteroatoms. The number of thiophene rings is 1. The van der Waals surface area contributed by atoms with E-state index in [0.29, 0.717) is 28.6 Å². The molecule has 4 heterocycles. The molecule has 0 radical (unpaired) electrons. The van der Waals surface area contributed by atoms with Crippen molar-refractivity contribution in [1.82, 2.24) is 35.3 Å². The summed E-state index contributed by atoms with van der Waals surface area (Å²) in [7, 11) is 2.08. The van der Waals surface area contributed by atoms with Crippen LogP contribution in [0.25, 0.3) is 16.1 Å². The molecule has 0 saturated carbocycles. The number of aryl methyl sites for hydroxylation is 2. The topological polar surface area (TPSA) is 168 Å². The third kappa shape index (κ3) is 13.3. The van der Waals surface area contributed by atoms with Gasteiger partial charge in [-0.3, -0.25) is 28.6 Å². The lowest BCUT2D eigenvalue weighted by molar-refractivity contribution is -0.122.